The maximum atomic E-state index is 12.6. The third-order valence-electron chi connectivity index (χ3n) is 4.55. The highest BCUT2D eigenvalue weighted by Crippen LogP contribution is 2.24. The molecule has 0 bridgehead atoms. The van der Waals surface area contributed by atoms with Crippen molar-refractivity contribution in [1.29, 1.82) is 0 Å². The van der Waals surface area contributed by atoms with Crippen molar-refractivity contribution in [2.45, 2.75) is 12.8 Å². The van der Waals surface area contributed by atoms with Crippen molar-refractivity contribution < 1.29 is 9.53 Å². The van der Waals surface area contributed by atoms with Gasteiger partial charge in [-0.2, -0.15) is 0 Å². The monoisotopic (exact) mass is 359 g/mol. The van der Waals surface area contributed by atoms with Crippen LogP contribution in [-0.4, -0.2) is 24.0 Å². The van der Waals surface area contributed by atoms with E-state index in [2.05, 4.69) is 15.2 Å². The molecule has 5 heteroatoms. The zero-order valence-corrected chi connectivity index (χ0v) is 15.0. The molecule has 1 amide bonds. The van der Waals surface area contributed by atoms with Crippen molar-refractivity contribution in [3.05, 3.63) is 78.6 Å². The summed E-state index contributed by atoms with van der Waals surface area (Å²) in [5, 5.41) is 2.91. The minimum absolute atomic E-state index is 0.166. The van der Waals surface area contributed by atoms with Crippen molar-refractivity contribution in [2.24, 2.45) is 0 Å². The summed E-state index contributed by atoms with van der Waals surface area (Å²) in [5.41, 5.74) is 2.28. The first-order valence-electron chi connectivity index (χ1n) is 9.12. The number of benzene rings is 2. The number of nitrogens with one attached hydrogen (secondary N) is 1. The molecule has 1 aliphatic rings. The van der Waals surface area contributed by atoms with Gasteiger partial charge in [0.15, 0.2) is 0 Å². The molecule has 5 nitrogen and oxygen atoms in total. The molecule has 27 heavy (non-hydrogen) atoms. The molecule has 2 heterocycles. The Morgan fingerprint density at radius 1 is 0.926 bits per heavy atom. The van der Waals surface area contributed by atoms with Crippen molar-refractivity contribution in [1.82, 2.24) is 4.98 Å². The minimum Gasteiger partial charge on any atom is -0.457 e. The van der Waals surface area contributed by atoms with Gasteiger partial charge in [0, 0.05) is 25.0 Å². The van der Waals surface area contributed by atoms with E-state index in [0.717, 1.165) is 30.3 Å². The van der Waals surface area contributed by atoms with Gasteiger partial charge in [0.2, 0.25) is 0 Å². The van der Waals surface area contributed by atoms with E-state index < -0.39 is 0 Å². The zero-order chi connectivity index (χ0) is 18.5. The molecule has 0 aliphatic carbocycles. The van der Waals surface area contributed by atoms with E-state index in [1.165, 1.54) is 12.8 Å². The average molecular weight is 359 g/mol. The van der Waals surface area contributed by atoms with Crippen molar-refractivity contribution in [2.75, 3.05) is 23.3 Å². The van der Waals surface area contributed by atoms with Gasteiger partial charge in [0.25, 0.3) is 5.91 Å². The molecule has 0 radical (unpaired) electrons. The Kier molecular flexibility index (Phi) is 5.01. The Labute approximate surface area is 158 Å². The predicted octanol–water partition coefficient (Wildman–Crippen LogP) is 4.73. The lowest BCUT2D eigenvalue weighted by atomic mass is 10.2. The third-order valence-corrected chi connectivity index (χ3v) is 4.55. The number of carbonyl (C=O) groups is 1. The molecule has 4 rings (SSSR count). The number of para-hydroxylation sites is 1. The molecule has 1 N–H and O–H groups in total. The predicted molar refractivity (Wildman–Crippen MR) is 107 cm³/mol. The van der Waals surface area contributed by atoms with Crippen molar-refractivity contribution in [3.8, 4) is 11.5 Å². The number of aromatic nitrogens is 1. The fraction of sp³-hybridized carbons (Fsp3) is 0.182. The van der Waals surface area contributed by atoms with Crippen LogP contribution in [-0.2, 0) is 0 Å². The summed E-state index contributed by atoms with van der Waals surface area (Å²) in [6.45, 7) is 2.05. The SMILES string of the molecule is O=C(Nc1ccc(Oc2ccccc2)cc1)c1cncc(N2CCCC2)c1. The number of nitrogens with zero attached hydrogens (tertiary/aromatic N) is 2. The summed E-state index contributed by atoms with van der Waals surface area (Å²) < 4.78 is 5.77. The van der Waals surface area contributed by atoms with Crippen molar-refractivity contribution in [3.63, 3.8) is 0 Å². The minimum atomic E-state index is -0.166. The first-order valence-corrected chi connectivity index (χ1v) is 9.12. The lowest BCUT2D eigenvalue weighted by Crippen LogP contribution is -2.19. The third kappa shape index (κ3) is 4.26. The van der Waals surface area contributed by atoms with Crippen LogP contribution in [0.5, 0.6) is 11.5 Å². The molecular weight excluding hydrogens is 338 g/mol. The lowest BCUT2D eigenvalue weighted by molar-refractivity contribution is 0.102. The molecular formula is C22H21N3O2. The number of ether oxygens (including phenoxy) is 1. The molecule has 136 valence electrons. The van der Waals surface area contributed by atoms with Gasteiger partial charge in [-0.25, -0.2) is 0 Å². The summed E-state index contributed by atoms with van der Waals surface area (Å²) in [4.78, 5) is 19.1. The second-order valence-electron chi connectivity index (χ2n) is 6.52. The molecule has 0 unspecified atom stereocenters. The fourth-order valence-corrected chi connectivity index (χ4v) is 3.13. The first-order chi connectivity index (χ1) is 13.3. The van der Waals surface area contributed by atoms with E-state index in [-0.39, 0.29) is 5.91 Å². The number of rotatable bonds is 5. The van der Waals surface area contributed by atoms with E-state index in [1.807, 2.05) is 66.9 Å². The van der Waals surface area contributed by atoms with Gasteiger partial charge >= 0.3 is 0 Å². The van der Waals surface area contributed by atoms with Crippen LogP contribution in [0.2, 0.25) is 0 Å². The molecule has 0 atom stereocenters. The van der Waals surface area contributed by atoms with Crippen LogP contribution < -0.4 is 15.0 Å². The van der Waals surface area contributed by atoms with Crippen LogP contribution in [0.25, 0.3) is 0 Å². The molecule has 1 saturated heterocycles. The average Bonchev–Trinajstić information content (AvgIpc) is 3.25. The van der Waals surface area contributed by atoms with Crippen molar-refractivity contribution >= 4 is 17.3 Å². The van der Waals surface area contributed by atoms with Gasteiger partial charge in [0.05, 0.1) is 17.4 Å². The highest BCUT2D eigenvalue weighted by atomic mass is 16.5. The number of pyridine rings is 1. The van der Waals surface area contributed by atoms with E-state index in [9.17, 15) is 4.79 Å². The largest absolute Gasteiger partial charge is 0.457 e. The van der Waals surface area contributed by atoms with E-state index >= 15 is 0 Å². The van der Waals surface area contributed by atoms with E-state index in [1.54, 1.807) is 6.20 Å². The number of hydrogen-bond acceptors (Lipinski definition) is 4. The Morgan fingerprint density at radius 2 is 1.63 bits per heavy atom. The summed E-state index contributed by atoms with van der Waals surface area (Å²) >= 11 is 0. The van der Waals surface area contributed by atoms with Crippen LogP contribution >= 0.6 is 0 Å². The van der Waals surface area contributed by atoms with Crippen LogP contribution in [0.1, 0.15) is 23.2 Å². The second kappa shape index (κ2) is 7.91. The molecule has 3 aromatic rings. The van der Waals surface area contributed by atoms with Crippen LogP contribution in [0.15, 0.2) is 73.1 Å². The zero-order valence-electron chi connectivity index (χ0n) is 15.0. The van der Waals surface area contributed by atoms with Gasteiger partial charge in [-0.05, 0) is 55.3 Å². The molecule has 2 aromatic carbocycles. The first kappa shape index (κ1) is 17.1. The summed E-state index contributed by atoms with van der Waals surface area (Å²) in [5.74, 6) is 1.33. The number of anilines is 2. The highest BCUT2D eigenvalue weighted by Gasteiger charge is 2.15. The Bertz CT molecular complexity index is 904. The fourth-order valence-electron chi connectivity index (χ4n) is 3.13. The Hall–Kier alpha value is -3.34. The molecule has 1 fully saturated rings. The van der Waals surface area contributed by atoms with Gasteiger partial charge in [-0.1, -0.05) is 18.2 Å². The highest BCUT2D eigenvalue weighted by molar-refractivity contribution is 6.04. The lowest BCUT2D eigenvalue weighted by Gasteiger charge is -2.17. The molecule has 1 aromatic heterocycles. The topological polar surface area (TPSA) is 54.5 Å². The van der Waals surface area contributed by atoms with Gasteiger partial charge in [-0.3, -0.25) is 9.78 Å². The van der Waals surface area contributed by atoms with Gasteiger partial charge in [0.1, 0.15) is 11.5 Å². The summed E-state index contributed by atoms with van der Waals surface area (Å²) in [6.07, 6.45) is 5.79. The molecule has 1 aliphatic heterocycles. The van der Waals surface area contributed by atoms with Gasteiger partial charge in [-0.15, -0.1) is 0 Å². The second-order valence-corrected chi connectivity index (χ2v) is 6.52. The summed E-state index contributed by atoms with van der Waals surface area (Å²) in [6, 6.07) is 18.8. The van der Waals surface area contributed by atoms with Crippen LogP contribution in [0.3, 0.4) is 0 Å². The molecule has 0 saturated carbocycles. The Balaban J connectivity index is 1.41. The van der Waals surface area contributed by atoms with E-state index in [4.69, 9.17) is 4.74 Å². The normalized spacial score (nSPS) is 13.4. The number of hydrogen-bond donors (Lipinski definition) is 1. The number of amides is 1. The maximum absolute atomic E-state index is 12.6. The maximum Gasteiger partial charge on any atom is 0.257 e. The standard InChI is InChI=1S/C22H21N3O2/c26-22(17-14-19(16-23-15-17)25-12-4-5-13-25)24-18-8-10-21(11-9-18)27-20-6-2-1-3-7-20/h1-3,6-11,14-16H,4-5,12-13H2,(H,24,26). The van der Waals surface area contributed by atoms with Crippen LogP contribution in [0.4, 0.5) is 11.4 Å². The van der Waals surface area contributed by atoms with Gasteiger partial charge < -0.3 is 15.0 Å². The quantitative estimate of drug-likeness (QED) is 0.716. The smallest absolute Gasteiger partial charge is 0.257 e. The Morgan fingerprint density at radius 3 is 2.37 bits per heavy atom. The summed E-state index contributed by atoms with van der Waals surface area (Å²) in [7, 11) is 0. The van der Waals surface area contributed by atoms with Crippen LogP contribution in [0, 0.1) is 0 Å². The van der Waals surface area contributed by atoms with E-state index in [0.29, 0.717) is 11.3 Å². The number of carbonyl (C=O) groups excluding carboxylic acids is 1. The molecule has 0 spiro atoms.